The molecule has 0 amide bonds. The average molecular weight is 327 g/mol. The van der Waals surface area contributed by atoms with Crippen molar-refractivity contribution in [2.24, 2.45) is 0 Å². The lowest BCUT2D eigenvalue weighted by Crippen LogP contribution is -2.23. The lowest BCUT2D eigenvalue weighted by atomic mass is 9.81. The van der Waals surface area contributed by atoms with Crippen molar-refractivity contribution >= 4 is 17.5 Å². The SMILES string of the molecule is CCOC(=O)CCC1=C(C)C(=O)C(Cc2cccnc2)=C(C)C1=O. The largest absolute Gasteiger partial charge is 0.466 e. The third-order valence-electron chi connectivity index (χ3n) is 4.12. The summed E-state index contributed by atoms with van der Waals surface area (Å²) < 4.78 is 4.88. The minimum atomic E-state index is -0.360. The van der Waals surface area contributed by atoms with Crippen molar-refractivity contribution in [3.8, 4) is 0 Å². The van der Waals surface area contributed by atoms with Crippen LogP contribution in [0.25, 0.3) is 0 Å². The molecule has 1 heterocycles. The van der Waals surface area contributed by atoms with E-state index in [1.165, 1.54) is 0 Å². The van der Waals surface area contributed by atoms with Gasteiger partial charge in [0.15, 0.2) is 11.6 Å². The van der Waals surface area contributed by atoms with Gasteiger partial charge in [0.05, 0.1) is 6.61 Å². The number of rotatable bonds is 6. The molecular formula is C19H21NO4. The molecule has 24 heavy (non-hydrogen) atoms. The van der Waals surface area contributed by atoms with Crippen molar-refractivity contribution in [1.82, 2.24) is 4.98 Å². The van der Waals surface area contributed by atoms with Crippen LogP contribution in [0.1, 0.15) is 39.2 Å². The number of ether oxygens (including phenoxy) is 1. The minimum Gasteiger partial charge on any atom is -0.466 e. The summed E-state index contributed by atoms with van der Waals surface area (Å²) in [6.45, 7) is 5.35. The van der Waals surface area contributed by atoms with E-state index in [1.807, 2.05) is 6.07 Å². The molecule has 0 saturated heterocycles. The molecule has 0 saturated carbocycles. The van der Waals surface area contributed by atoms with Crippen LogP contribution in [0.15, 0.2) is 46.8 Å². The quantitative estimate of drug-likeness (QED) is 0.593. The number of carbonyl (C=O) groups excluding carboxylic acids is 3. The molecule has 1 aromatic heterocycles. The first-order valence-electron chi connectivity index (χ1n) is 7.99. The van der Waals surface area contributed by atoms with E-state index in [4.69, 9.17) is 4.74 Å². The molecule has 0 fully saturated rings. The highest BCUT2D eigenvalue weighted by molar-refractivity contribution is 6.25. The summed E-state index contributed by atoms with van der Waals surface area (Å²) in [6, 6.07) is 3.67. The Labute approximate surface area is 141 Å². The molecule has 1 aliphatic rings. The van der Waals surface area contributed by atoms with Crippen molar-refractivity contribution in [3.05, 3.63) is 52.4 Å². The summed E-state index contributed by atoms with van der Waals surface area (Å²) in [4.78, 5) is 40.8. The molecule has 2 rings (SSSR count). The molecule has 1 aromatic rings. The Morgan fingerprint density at radius 1 is 1.12 bits per heavy atom. The van der Waals surface area contributed by atoms with E-state index in [-0.39, 0.29) is 30.4 Å². The molecule has 0 spiro atoms. The molecule has 126 valence electrons. The Morgan fingerprint density at radius 3 is 2.42 bits per heavy atom. The lowest BCUT2D eigenvalue weighted by Gasteiger charge is -2.20. The third-order valence-corrected chi connectivity index (χ3v) is 4.12. The molecule has 0 atom stereocenters. The Kier molecular flexibility index (Phi) is 5.79. The second kappa shape index (κ2) is 7.81. The Balaban J connectivity index is 2.20. The molecule has 0 bridgehead atoms. The van der Waals surface area contributed by atoms with Gasteiger partial charge in [-0.15, -0.1) is 0 Å². The molecule has 5 heteroatoms. The van der Waals surface area contributed by atoms with Crippen LogP contribution >= 0.6 is 0 Å². The number of ketones is 2. The van der Waals surface area contributed by atoms with Gasteiger partial charge in [-0.2, -0.15) is 0 Å². The molecule has 0 unspecified atom stereocenters. The fourth-order valence-corrected chi connectivity index (χ4v) is 2.75. The van der Waals surface area contributed by atoms with Crippen molar-refractivity contribution in [2.75, 3.05) is 6.61 Å². The van der Waals surface area contributed by atoms with Crippen LogP contribution in [0.2, 0.25) is 0 Å². The standard InChI is InChI=1S/C19H21NO4/c1-4-24-17(21)8-7-15-12(2)19(23)16(13(3)18(15)22)10-14-6-5-9-20-11-14/h5-6,9,11H,4,7-8,10H2,1-3H3. The van der Waals surface area contributed by atoms with Crippen LogP contribution in [0.3, 0.4) is 0 Å². The van der Waals surface area contributed by atoms with Gasteiger partial charge in [0, 0.05) is 47.5 Å². The molecule has 0 aliphatic heterocycles. The van der Waals surface area contributed by atoms with Crippen molar-refractivity contribution in [1.29, 1.82) is 0 Å². The number of esters is 1. The second-order valence-corrected chi connectivity index (χ2v) is 5.71. The van der Waals surface area contributed by atoms with Gasteiger partial charge >= 0.3 is 5.97 Å². The number of pyridine rings is 1. The van der Waals surface area contributed by atoms with Gasteiger partial charge in [-0.25, -0.2) is 0 Å². The zero-order chi connectivity index (χ0) is 17.7. The topological polar surface area (TPSA) is 73.3 Å². The fourth-order valence-electron chi connectivity index (χ4n) is 2.75. The summed E-state index contributed by atoms with van der Waals surface area (Å²) in [5, 5.41) is 0. The maximum Gasteiger partial charge on any atom is 0.306 e. The van der Waals surface area contributed by atoms with E-state index >= 15 is 0 Å². The monoisotopic (exact) mass is 327 g/mol. The predicted octanol–water partition coefficient (Wildman–Crippen LogP) is 2.75. The first-order valence-corrected chi connectivity index (χ1v) is 7.99. The summed E-state index contributed by atoms with van der Waals surface area (Å²) in [5.74, 6) is -0.647. The first kappa shape index (κ1) is 17.8. The van der Waals surface area contributed by atoms with Crippen molar-refractivity contribution < 1.29 is 19.1 Å². The van der Waals surface area contributed by atoms with Gasteiger partial charge in [-0.3, -0.25) is 19.4 Å². The predicted molar refractivity (Wildman–Crippen MR) is 89.2 cm³/mol. The number of aromatic nitrogens is 1. The van der Waals surface area contributed by atoms with E-state index in [2.05, 4.69) is 4.98 Å². The minimum absolute atomic E-state index is 0.102. The number of Topliss-reactive ketones (excluding diaryl/α,β-unsaturated/α-hetero) is 2. The van der Waals surface area contributed by atoms with E-state index in [9.17, 15) is 14.4 Å². The van der Waals surface area contributed by atoms with Gasteiger partial charge in [0.1, 0.15) is 0 Å². The van der Waals surface area contributed by atoms with Gasteiger partial charge in [-0.05, 0) is 38.8 Å². The molecule has 0 aromatic carbocycles. The maximum atomic E-state index is 12.7. The van der Waals surface area contributed by atoms with Crippen molar-refractivity contribution in [2.45, 2.75) is 40.0 Å². The summed E-state index contributed by atoms with van der Waals surface area (Å²) >= 11 is 0. The van der Waals surface area contributed by atoms with E-state index in [1.54, 1.807) is 39.2 Å². The van der Waals surface area contributed by atoms with Gasteiger partial charge in [0.25, 0.3) is 0 Å². The van der Waals surface area contributed by atoms with Crippen LogP contribution < -0.4 is 0 Å². The van der Waals surface area contributed by atoms with Crippen LogP contribution in [0.4, 0.5) is 0 Å². The third kappa shape index (κ3) is 3.85. The Hall–Kier alpha value is -2.56. The van der Waals surface area contributed by atoms with Crippen molar-refractivity contribution in [3.63, 3.8) is 0 Å². The average Bonchev–Trinajstić information content (AvgIpc) is 2.58. The molecular weight excluding hydrogens is 306 g/mol. The first-order chi connectivity index (χ1) is 11.5. The Bertz CT molecular complexity index is 729. The van der Waals surface area contributed by atoms with Crippen LogP contribution in [-0.2, 0) is 25.5 Å². The number of nitrogens with zero attached hydrogens (tertiary/aromatic N) is 1. The zero-order valence-electron chi connectivity index (χ0n) is 14.2. The van der Waals surface area contributed by atoms with Crippen LogP contribution in [0, 0.1) is 0 Å². The Morgan fingerprint density at radius 2 is 1.79 bits per heavy atom. The smallest absolute Gasteiger partial charge is 0.306 e. The molecule has 1 aliphatic carbocycles. The number of hydrogen-bond acceptors (Lipinski definition) is 5. The zero-order valence-corrected chi connectivity index (χ0v) is 14.2. The van der Waals surface area contributed by atoms with E-state index in [0.717, 1.165) is 5.56 Å². The molecule has 0 radical (unpaired) electrons. The van der Waals surface area contributed by atoms with Gasteiger partial charge in [0.2, 0.25) is 0 Å². The number of hydrogen-bond donors (Lipinski definition) is 0. The van der Waals surface area contributed by atoms with Crippen LogP contribution in [-0.4, -0.2) is 29.1 Å². The number of allylic oxidation sites excluding steroid dienone is 4. The molecule has 0 N–H and O–H groups in total. The summed E-state index contributed by atoms with van der Waals surface area (Å²) in [7, 11) is 0. The summed E-state index contributed by atoms with van der Waals surface area (Å²) in [5.41, 5.74) is 2.68. The summed E-state index contributed by atoms with van der Waals surface area (Å²) in [6.07, 6.45) is 4.06. The second-order valence-electron chi connectivity index (χ2n) is 5.71. The van der Waals surface area contributed by atoms with Gasteiger partial charge in [-0.1, -0.05) is 6.07 Å². The molecule has 5 nitrogen and oxygen atoms in total. The highest BCUT2D eigenvalue weighted by Crippen LogP contribution is 2.29. The normalized spacial score (nSPS) is 15.1. The lowest BCUT2D eigenvalue weighted by molar-refractivity contribution is -0.143. The highest BCUT2D eigenvalue weighted by Gasteiger charge is 2.30. The van der Waals surface area contributed by atoms with E-state index < -0.39 is 0 Å². The van der Waals surface area contributed by atoms with Gasteiger partial charge < -0.3 is 4.74 Å². The fraction of sp³-hybridized carbons (Fsp3) is 0.368. The maximum absolute atomic E-state index is 12.7. The number of carbonyl (C=O) groups is 3. The van der Waals surface area contributed by atoms with Crippen LogP contribution in [0.5, 0.6) is 0 Å². The van der Waals surface area contributed by atoms with E-state index in [0.29, 0.717) is 35.3 Å². The highest BCUT2D eigenvalue weighted by atomic mass is 16.5.